The van der Waals surface area contributed by atoms with Gasteiger partial charge in [0.1, 0.15) is 18.1 Å². The number of ketones is 1. The largest absolute Gasteiger partial charge is 0.481 e. The molecule has 0 bridgehead atoms. The van der Waals surface area contributed by atoms with Crippen LogP contribution in [0.3, 0.4) is 0 Å². The molecule has 0 saturated carbocycles. The Labute approximate surface area is 353 Å². The molecule has 0 rings (SSSR count). The van der Waals surface area contributed by atoms with Gasteiger partial charge in [0, 0.05) is 38.6 Å². The van der Waals surface area contributed by atoms with E-state index in [9.17, 15) is 58.5 Å². The van der Waals surface area contributed by atoms with Crippen molar-refractivity contribution in [2.75, 3.05) is 13.6 Å². The lowest BCUT2D eigenvalue weighted by atomic mass is 10.0. The maximum atomic E-state index is 12.5. The van der Waals surface area contributed by atoms with Crippen LogP contribution in [0.15, 0.2) is 12.7 Å². The maximum Gasteiger partial charge on any atom is 0.326 e. The van der Waals surface area contributed by atoms with E-state index >= 15 is 0 Å². The van der Waals surface area contributed by atoms with Crippen molar-refractivity contribution >= 4 is 53.3 Å². The number of rotatable bonds is 40. The minimum atomic E-state index is -1.53. The van der Waals surface area contributed by atoms with Crippen LogP contribution in [0.4, 0.5) is 0 Å². The van der Waals surface area contributed by atoms with Crippen LogP contribution in [-0.2, 0) is 43.2 Å². The zero-order valence-corrected chi connectivity index (χ0v) is 35.4. The third kappa shape index (κ3) is 30.2. The molecule has 0 radical (unpaired) electrons. The first-order chi connectivity index (χ1) is 28.6. The van der Waals surface area contributed by atoms with Gasteiger partial charge in [-0.25, -0.2) is 14.4 Å². The molecule has 0 aliphatic heterocycles. The van der Waals surface area contributed by atoms with E-state index < -0.39 is 84.9 Å². The fourth-order valence-electron chi connectivity index (χ4n) is 6.44. The number of carboxylic acids is 4. The first-order valence-electron chi connectivity index (χ1n) is 21.5. The molecule has 0 saturated heterocycles. The quantitative estimate of drug-likeness (QED) is 0.0311. The van der Waals surface area contributed by atoms with Gasteiger partial charge < -0.3 is 47.0 Å². The Bertz CT molecular complexity index is 1360. The van der Waals surface area contributed by atoms with Crippen LogP contribution in [0.5, 0.6) is 0 Å². The minimum Gasteiger partial charge on any atom is -0.481 e. The molecule has 0 aromatic carbocycles. The summed E-state index contributed by atoms with van der Waals surface area (Å²) in [4.78, 5) is 107. The second-order valence-corrected chi connectivity index (χ2v) is 15.1. The molecular weight excluding hydrogens is 782 g/mol. The first kappa shape index (κ1) is 55.1. The van der Waals surface area contributed by atoms with E-state index in [4.69, 9.17) is 5.11 Å². The Morgan fingerprint density at radius 1 is 0.433 bits per heavy atom. The molecule has 9 N–H and O–H groups in total. The van der Waals surface area contributed by atoms with Gasteiger partial charge in [0.25, 0.3) is 0 Å². The van der Waals surface area contributed by atoms with E-state index in [2.05, 4.69) is 33.2 Å². The van der Waals surface area contributed by atoms with E-state index in [1.165, 1.54) is 31.8 Å². The van der Waals surface area contributed by atoms with Gasteiger partial charge in [0.2, 0.25) is 23.6 Å². The number of nitrogens with one attached hydrogen (secondary N) is 5. The first-order valence-corrected chi connectivity index (χ1v) is 21.5. The minimum absolute atomic E-state index is 0.130. The van der Waals surface area contributed by atoms with Crippen LogP contribution < -0.4 is 26.6 Å². The summed E-state index contributed by atoms with van der Waals surface area (Å²) in [6.45, 7) is 3.77. The van der Waals surface area contributed by atoms with E-state index in [-0.39, 0.29) is 43.9 Å². The maximum absolute atomic E-state index is 12.5. The molecule has 4 atom stereocenters. The number of carbonyl (C=O) groups is 9. The molecular formula is C42H71N5O13. The number of hydrogen-bond acceptors (Lipinski definition) is 10. The van der Waals surface area contributed by atoms with Gasteiger partial charge in [-0.1, -0.05) is 83.6 Å². The summed E-state index contributed by atoms with van der Waals surface area (Å²) < 4.78 is 0. The smallest absolute Gasteiger partial charge is 0.326 e. The van der Waals surface area contributed by atoms with Crippen molar-refractivity contribution in [2.24, 2.45) is 0 Å². The molecule has 0 spiro atoms. The monoisotopic (exact) mass is 854 g/mol. The third-order valence-corrected chi connectivity index (χ3v) is 10.1. The molecule has 342 valence electrons. The van der Waals surface area contributed by atoms with Crippen molar-refractivity contribution < 1.29 is 63.6 Å². The summed E-state index contributed by atoms with van der Waals surface area (Å²) >= 11 is 0. The number of carbonyl (C=O) groups excluding carboxylic acids is 5. The lowest BCUT2D eigenvalue weighted by Gasteiger charge is -2.18. The summed E-state index contributed by atoms with van der Waals surface area (Å²) in [5.41, 5.74) is 0. The second-order valence-electron chi connectivity index (χ2n) is 15.1. The number of likely N-dealkylation sites (N-methyl/N-ethyl adjacent to an activating group) is 1. The fraction of sp³-hybridized carbons (Fsp3) is 0.738. The summed E-state index contributed by atoms with van der Waals surface area (Å²) in [7, 11) is 1.66. The molecule has 0 heterocycles. The van der Waals surface area contributed by atoms with Gasteiger partial charge in [0.05, 0.1) is 6.04 Å². The molecule has 60 heavy (non-hydrogen) atoms. The van der Waals surface area contributed by atoms with Crippen LogP contribution in [0.1, 0.15) is 161 Å². The number of amides is 4. The Kier molecular flexibility index (Phi) is 32.1. The average Bonchev–Trinajstić information content (AvgIpc) is 3.19. The van der Waals surface area contributed by atoms with Gasteiger partial charge >= 0.3 is 23.9 Å². The van der Waals surface area contributed by atoms with Gasteiger partial charge in [-0.3, -0.25) is 28.8 Å². The van der Waals surface area contributed by atoms with Crippen molar-refractivity contribution in [3.63, 3.8) is 0 Å². The zero-order valence-electron chi connectivity index (χ0n) is 35.4. The highest BCUT2D eigenvalue weighted by molar-refractivity contribution is 5.93. The predicted molar refractivity (Wildman–Crippen MR) is 223 cm³/mol. The van der Waals surface area contributed by atoms with Crippen LogP contribution in [0.2, 0.25) is 0 Å². The molecule has 0 aliphatic rings. The Morgan fingerprint density at radius 2 is 0.783 bits per heavy atom. The van der Waals surface area contributed by atoms with Gasteiger partial charge in [-0.05, 0) is 64.5 Å². The number of aliphatic carboxylic acids is 4. The predicted octanol–water partition coefficient (Wildman–Crippen LogP) is 3.99. The summed E-state index contributed by atoms with van der Waals surface area (Å²) in [5.74, 6) is -7.59. The van der Waals surface area contributed by atoms with E-state index in [0.717, 1.165) is 57.8 Å². The van der Waals surface area contributed by atoms with Crippen molar-refractivity contribution in [3.05, 3.63) is 12.7 Å². The van der Waals surface area contributed by atoms with E-state index in [0.29, 0.717) is 32.2 Å². The van der Waals surface area contributed by atoms with Crippen molar-refractivity contribution in [2.45, 2.75) is 185 Å². The SMILES string of the molecule is C=CC(=O)[C@H](CCCCNC(=O)CC[C@H](NC(=O)CC[C@H](NC(=O)CC[C@H](NC(=O)CCCCCCCCCCCCCCCCC(=O)O)C(=O)O)C(=O)O)C(=O)O)NC. The molecule has 0 aliphatic carbocycles. The van der Waals surface area contributed by atoms with Crippen LogP contribution in [-0.4, -0.2) is 111 Å². The normalized spacial score (nSPS) is 12.9. The molecule has 0 fully saturated rings. The van der Waals surface area contributed by atoms with Gasteiger partial charge in [-0.2, -0.15) is 0 Å². The standard InChI is InChI=1S/C42H71N5O13/c1-3-34(48)30(43-2)20-18-19-29-44-35(49)26-23-31(40(55)56)46-37(51)28-25-33(42(59)60)47-38(52)27-24-32(41(57)58)45-36(50)21-16-14-12-10-8-6-4-5-7-9-11-13-15-17-22-39(53)54/h3,30-33,43H,1,4-29H2,2H3,(H,44,49)(H,45,50)(H,46,51)(H,47,52)(H,53,54)(H,55,56)(H,57,58)(H,59,60)/t30-,31-,32-,33-/m0/s1. The van der Waals surface area contributed by atoms with Crippen molar-refractivity contribution in [1.29, 1.82) is 0 Å². The van der Waals surface area contributed by atoms with E-state index in [1.807, 2.05) is 0 Å². The summed E-state index contributed by atoms with van der Waals surface area (Å²) in [6.07, 6.45) is 15.7. The summed E-state index contributed by atoms with van der Waals surface area (Å²) in [5, 5.41) is 49.8. The molecule has 18 heteroatoms. The number of carboxylic acid groups (broad SMARTS) is 4. The highest BCUT2D eigenvalue weighted by Crippen LogP contribution is 2.14. The second kappa shape index (κ2) is 34.9. The molecule has 0 aromatic rings. The van der Waals surface area contributed by atoms with E-state index in [1.54, 1.807) is 7.05 Å². The van der Waals surface area contributed by atoms with Crippen LogP contribution in [0.25, 0.3) is 0 Å². The average molecular weight is 854 g/mol. The lowest BCUT2D eigenvalue weighted by Crippen LogP contribution is -2.45. The highest BCUT2D eigenvalue weighted by Gasteiger charge is 2.26. The Morgan fingerprint density at radius 3 is 1.13 bits per heavy atom. The van der Waals surface area contributed by atoms with Crippen LogP contribution in [0, 0.1) is 0 Å². The lowest BCUT2D eigenvalue weighted by molar-refractivity contribution is -0.144. The fourth-order valence-corrected chi connectivity index (χ4v) is 6.44. The highest BCUT2D eigenvalue weighted by atomic mass is 16.4. The van der Waals surface area contributed by atoms with Crippen LogP contribution >= 0.6 is 0 Å². The molecule has 0 unspecified atom stereocenters. The van der Waals surface area contributed by atoms with Gasteiger partial charge in [0.15, 0.2) is 5.78 Å². The number of unbranched alkanes of at least 4 members (excludes halogenated alkanes) is 14. The molecule has 4 amide bonds. The summed E-state index contributed by atoms with van der Waals surface area (Å²) in [6, 6.07) is -4.69. The zero-order chi connectivity index (χ0) is 45.1. The van der Waals surface area contributed by atoms with Crippen molar-refractivity contribution in [1.82, 2.24) is 26.6 Å². The number of hydrogen-bond donors (Lipinski definition) is 9. The Hall–Kier alpha value is -4.87. The molecule has 0 aromatic heterocycles. The third-order valence-electron chi connectivity index (χ3n) is 10.1. The topological polar surface area (TPSA) is 295 Å². The Balaban J connectivity index is 4.39. The molecule has 18 nitrogen and oxygen atoms in total. The van der Waals surface area contributed by atoms with Crippen molar-refractivity contribution in [3.8, 4) is 0 Å². The van der Waals surface area contributed by atoms with Gasteiger partial charge in [-0.15, -0.1) is 0 Å².